The van der Waals surface area contributed by atoms with Crippen molar-refractivity contribution in [2.24, 2.45) is 0 Å². The molecule has 0 spiro atoms. The summed E-state index contributed by atoms with van der Waals surface area (Å²) in [5, 5.41) is -0.444. The summed E-state index contributed by atoms with van der Waals surface area (Å²) in [6.45, 7) is 3.63. The van der Waals surface area contributed by atoms with Crippen LogP contribution in [0.15, 0.2) is 49.1 Å². The first kappa shape index (κ1) is 11.8. The molecule has 16 heavy (non-hydrogen) atoms. The third-order valence-electron chi connectivity index (χ3n) is 1.79. The molecule has 0 fully saturated rings. The molecule has 0 saturated carbocycles. The molecular weight excluding hydrogens is 209 g/mol. The van der Waals surface area contributed by atoms with Crippen LogP contribution < -0.4 is 0 Å². The Kier molecular flexibility index (Phi) is 4.15. The molecule has 0 unspecified atom stereocenters. The van der Waals surface area contributed by atoms with Crippen LogP contribution in [0.25, 0.3) is 6.08 Å². The van der Waals surface area contributed by atoms with Gasteiger partial charge in [0, 0.05) is 12.2 Å². The smallest absolute Gasteiger partial charge is 0.267 e. The first-order valence-electron chi connectivity index (χ1n) is 4.54. The summed E-state index contributed by atoms with van der Waals surface area (Å²) in [6.07, 6.45) is 3.59. The van der Waals surface area contributed by atoms with Crippen LogP contribution in [0.2, 0.25) is 0 Å². The van der Waals surface area contributed by atoms with E-state index in [1.54, 1.807) is 0 Å². The van der Waals surface area contributed by atoms with Crippen molar-refractivity contribution in [3.05, 3.63) is 54.6 Å². The van der Waals surface area contributed by atoms with Crippen LogP contribution in [0.4, 0.5) is 4.48 Å². The van der Waals surface area contributed by atoms with Crippen LogP contribution in [0.1, 0.15) is 5.56 Å². The van der Waals surface area contributed by atoms with E-state index in [0.29, 0.717) is 0 Å². The maximum atomic E-state index is 11.8. The molecule has 3 nitrogen and oxygen atoms in total. The third kappa shape index (κ3) is 3.16. The fourth-order valence-corrected chi connectivity index (χ4v) is 0.971. The minimum atomic E-state index is -0.907. The molecule has 1 aliphatic rings. The Labute approximate surface area is 92.4 Å². The summed E-state index contributed by atoms with van der Waals surface area (Å²) < 4.78 is 11.8. The molecule has 82 valence electrons. The first-order chi connectivity index (χ1) is 7.65. The summed E-state index contributed by atoms with van der Waals surface area (Å²) in [5.41, 5.74) is 1.17. The van der Waals surface area contributed by atoms with Gasteiger partial charge in [0.2, 0.25) is 0 Å². The van der Waals surface area contributed by atoms with Gasteiger partial charge in [-0.3, -0.25) is 9.59 Å². The fourth-order valence-electron chi connectivity index (χ4n) is 0.971. The lowest BCUT2D eigenvalue weighted by molar-refractivity contribution is -0.152. The number of amides is 2. The van der Waals surface area contributed by atoms with Gasteiger partial charge in [0.05, 0.1) is 0 Å². The van der Waals surface area contributed by atoms with E-state index < -0.39 is 16.9 Å². The molecule has 0 N–H and O–H groups in total. The van der Waals surface area contributed by atoms with Gasteiger partial charge in [-0.1, -0.05) is 47.5 Å². The van der Waals surface area contributed by atoms with E-state index in [2.05, 4.69) is 6.58 Å². The van der Waals surface area contributed by atoms with E-state index in [4.69, 9.17) is 0 Å². The molecule has 1 aliphatic heterocycles. The maximum Gasteiger partial charge on any atom is 0.282 e. The monoisotopic (exact) mass is 219 g/mol. The topological polar surface area (TPSA) is 37.4 Å². The lowest BCUT2D eigenvalue weighted by Crippen LogP contribution is -2.19. The Bertz CT molecular complexity index is 408. The number of halogens is 1. The molecule has 1 heterocycles. The predicted molar refractivity (Wildman–Crippen MR) is 58.6 cm³/mol. The average molecular weight is 219 g/mol. The standard InChI is InChI=1S/C8H8.C4H2FNO2/c1-2-8-6-4-3-5-7-8;5-6-3(7)1-2-4(6)8/h2-7H,1H2;1-2H. The van der Waals surface area contributed by atoms with E-state index in [-0.39, 0.29) is 0 Å². The number of benzene rings is 1. The lowest BCUT2D eigenvalue weighted by Gasteiger charge is -1.94. The van der Waals surface area contributed by atoms with Gasteiger partial charge in [0.15, 0.2) is 0 Å². The van der Waals surface area contributed by atoms with E-state index in [1.165, 1.54) is 5.56 Å². The second-order valence-electron chi connectivity index (χ2n) is 2.91. The van der Waals surface area contributed by atoms with Gasteiger partial charge in [0.1, 0.15) is 0 Å². The number of rotatable bonds is 1. The summed E-state index contributed by atoms with van der Waals surface area (Å²) in [6, 6.07) is 10.0. The Hall–Kier alpha value is -2.23. The molecule has 2 amide bonds. The largest absolute Gasteiger partial charge is 0.282 e. The SMILES string of the molecule is C=Cc1ccccc1.O=C1C=CC(=O)N1F. The van der Waals surface area contributed by atoms with Crippen molar-refractivity contribution in [3.8, 4) is 0 Å². The second-order valence-corrected chi connectivity index (χ2v) is 2.91. The third-order valence-corrected chi connectivity index (χ3v) is 1.79. The normalized spacial score (nSPS) is 13.4. The molecule has 0 bridgehead atoms. The zero-order valence-corrected chi connectivity index (χ0v) is 8.47. The van der Waals surface area contributed by atoms with Gasteiger partial charge < -0.3 is 0 Å². The number of hydrogen-bond donors (Lipinski definition) is 0. The minimum Gasteiger partial charge on any atom is -0.267 e. The molecule has 2 rings (SSSR count). The average Bonchev–Trinajstić information content (AvgIpc) is 2.62. The molecule has 0 atom stereocenters. The second kappa shape index (κ2) is 5.60. The van der Waals surface area contributed by atoms with Crippen molar-refractivity contribution >= 4 is 17.9 Å². The van der Waals surface area contributed by atoms with Crippen molar-refractivity contribution in [3.63, 3.8) is 0 Å². The highest BCUT2D eigenvalue weighted by Crippen LogP contribution is 2.01. The highest BCUT2D eigenvalue weighted by molar-refractivity contribution is 6.11. The Morgan fingerprint density at radius 1 is 1.06 bits per heavy atom. The van der Waals surface area contributed by atoms with E-state index >= 15 is 0 Å². The molecule has 0 aliphatic carbocycles. The van der Waals surface area contributed by atoms with Crippen molar-refractivity contribution in [2.75, 3.05) is 0 Å². The van der Waals surface area contributed by atoms with Gasteiger partial charge in [-0.2, -0.15) is 0 Å². The summed E-state index contributed by atoms with van der Waals surface area (Å²) >= 11 is 0. The van der Waals surface area contributed by atoms with Gasteiger partial charge >= 0.3 is 0 Å². The molecule has 0 aromatic heterocycles. The van der Waals surface area contributed by atoms with Gasteiger partial charge in [-0.15, -0.1) is 5.12 Å². The predicted octanol–water partition coefficient (Wildman–Crippen LogP) is 2.13. The van der Waals surface area contributed by atoms with Crippen LogP contribution in [0.3, 0.4) is 0 Å². The summed E-state index contributed by atoms with van der Waals surface area (Å²) in [4.78, 5) is 20.1. The molecular formula is C12H10FNO2. The number of carbonyl (C=O) groups excluding carboxylic acids is 2. The zero-order chi connectivity index (χ0) is 12.0. The number of hydrogen-bond acceptors (Lipinski definition) is 2. The molecule has 1 aromatic rings. The lowest BCUT2D eigenvalue weighted by atomic mass is 10.2. The Morgan fingerprint density at radius 2 is 1.56 bits per heavy atom. The van der Waals surface area contributed by atoms with Crippen molar-refractivity contribution in [2.45, 2.75) is 0 Å². The van der Waals surface area contributed by atoms with Crippen LogP contribution >= 0.6 is 0 Å². The minimum absolute atomic E-state index is 0.444. The highest BCUT2D eigenvalue weighted by Gasteiger charge is 2.22. The molecule has 0 radical (unpaired) electrons. The number of imide groups is 1. The van der Waals surface area contributed by atoms with Crippen molar-refractivity contribution in [1.82, 2.24) is 5.12 Å². The van der Waals surface area contributed by atoms with Gasteiger partial charge in [0.25, 0.3) is 11.8 Å². The Balaban J connectivity index is 0.000000160. The number of nitrogens with zero attached hydrogens (tertiary/aromatic N) is 1. The molecule has 4 heteroatoms. The maximum absolute atomic E-state index is 11.8. The fraction of sp³-hybridized carbons (Fsp3) is 0. The highest BCUT2D eigenvalue weighted by atomic mass is 19.2. The van der Waals surface area contributed by atoms with Crippen LogP contribution in [-0.4, -0.2) is 16.9 Å². The first-order valence-corrected chi connectivity index (χ1v) is 4.54. The summed E-state index contributed by atoms with van der Waals surface area (Å²) in [5.74, 6) is -1.81. The van der Waals surface area contributed by atoms with Crippen LogP contribution in [0.5, 0.6) is 0 Å². The van der Waals surface area contributed by atoms with Gasteiger partial charge in [-0.25, -0.2) is 0 Å². The van der Waals surface area contributed by atoms with Crippen LogP contribution in [-0.2, 0) is 9.59 Å². The molecule has 1 aromatic carbocycles. The van der Waals surface area contributed by atoms with E-state index in [0.717, 1.165) is 12.2 Å². The van der Waals surface area contributed by atoms with Crippen molar-refractivity contribution in [1.29, 1.82) is 0 Å². The quantitative estimate of drug-likeness (QED) is 0.536. The van der Waals surface area contributed by atoms with Crippen LogP contribution in [0, 0.1) is 0 Å². The molecule has 0 saturated heterocycles. The Morgan fingerprint density at radius 3 is 1.81 bits per heavy atom. The van der Waals surface area contributed by atoms with E-state index in [9.17, 15) is 14.1 Å². The zero-order valence-electron chi connectivity index (χ0n) is 8.47. The summed E-state index contributed by atoms with van der Waals surface area (Å²) in [7, 11) is 0. The van der Waals surface area contributed by atoms with Crippen molar-refractivity contribution < 1.29 is 14.1 Å². The van der Waals surface area contributed by atoms with E-state index in [1.807, 2.05) is 36.4 Å². The number of carbonyl (C=O) groups is 2. The van der Waals surface area contributed by atoms with Gasteiger partial charge in [-0.05, 0) is 5.56 Å².